The Morgan fingerprint density at radius 3 is 1.70 bits per heavy atom. The van der Waals surface area contributed by atoms with E-state index in [1.165, 1.54) is 19.1 Å². The number of phenols is 2. The van der Waals surface area contributed by atoms with Crippen molar-refractivity contribution in [2.75, 3.05) is 16.0 Å². The molecule has 284 valence electrons. The first kappa shape index (κ1) is 40.9. The van der Waals surface area contributed by atoms with E-state index in [0.29, 0.717) is 34.5 Å². The normalized spacial score (nSPS) is 10.7. The molecule has 1 heterocycles. The first-order valence-electron chi connectivity index (χ1n) is 17.1. The molecule has 7 aromatic rings. The number of fused-ring (bicyclic) bond motifs is 1. The third-order valence-corrected chi connectivity index (χ3v) is 11.4. The predicted molar refractivity (Wildman–Crippen MR) is 235 cm³/mol. The highest BCUT2D eigenvalue weighted by atomic mass is 35.5. The number of nitrogens with one attached hydrogen (secondary N) is 3. The molecule has 0 unspecified atom stereocenters. The Morgan fingerprint density at radius 2 is 1.14 bits per heavy atom. The zero-order chi connectivity index (χ0) is 39.6. The van der Waals surface area contributed by atoms with Crippen LogP contribution in [0.1, 0.15) is 18.1 Å². The number of aromatic hydroxyl groups is 2. The molecule has 0 aliphatic rings. The van der Waals surface area contributed by atoms with Crippen LogP contribution in [-0.2, 0) is 17.9 Å². The summed E-state index contributed by atoms with van der Waals surface area (Å²) >= 11 is 27.3. The van der Waals surface area contributed by atoms with Crippen molar-refractivity contribution in [3.63, 3.8) is 0 Å². The van der Waals surface area contributed by atoms with Gasteiger partial charge >= 0.3 is 0 Å². The average Bonchev–Trinajstić information content (AvgIpc) is 3.18. The molecule has 0 saturated heterocycles. The van der Waals surface area contributed by atoms with Crippen LogP contribution in [-0.4, -0.2) is 21.1 Å². The number of pyridine rings is 1. The number of halogens is 4. The number of aromatic nitrogens is 1. The van der Waals surface area contributed by atoms with Crippen molar-refractivity contribution >= 4 is 104 Å². The van der Waals surface area contributed by atoms with E-state index in [2.05, 4.69) is 57.3 Å². The van der Waals surface area contributed by atoms with Gasteiger partial charge in [-0.3, -0.25) is 9.78 Å². The van der Waals surface area contributed by atoms with Crippen LogP contribution in [0.2, 0.25) is 20.1 Å². The average molecular weight is 861 g/mol. The lowest BCUT2D eigenvalue weighted by molar-refractivity contribution is -0.114. The van der Waals surface area contributed by atoms with Gasteiger partial charge in [-0.05, 0) is 90.0 Å². The number of anilines is 3. The maximum Gasteiger partial charge on any atom is 0.221 e. The first-order chi connectivity index (χ1) is 27.0. The Hall–Kier alpha value is -4.74. The predicted octanol–water partition coefficient (Wildman–Crippen LogP) is 13.4. The molecule has 0 saturated carbocycles. The Kier molecular flexibility index (Phi) is 14.2. The van der Waals surface area contributed by atoms with Crippen molar-refractivity contribution in [3.8, 4) is 11.5 Å². The fraction of sp³-hybridized carbons (Fsp3) is 0.0698. The fourth-order valence-corrected chi connectivity index (χ4v) is 8.36. The molecule has 1 aromatic heterocycles. The Labute approximate surface area is 353 Å². The fourth-order valence-electron chi connectivity index (χ4n) is 5.45. The number of carbonyl (C=O) groups excluding carboxylic acids is 1. The molecule has 13 heteroatoms. The summed E-state index contributed by atoms with van der Waals surface area (Å²) < 4.78 is 0. The lowest BCUT2D eigenvalue weighted by Gasteiger charge is -2.13. The van der Waals surface area contributed by atoms with Gasteiger partial charge in [-0.25, -0.2) is 0 Å². The molecule has 56 heavy (non-hydrogen) atoms. The third kappa shape index (κ3) is 11.2. The van der Waals surface area contributed by atoms with Crippen LogP contribution in [0, 0.1) is 0 Å². The number of rotatable bonds is 11. The number of hydrogen-bond acceptors (Lipinski definition) is 8. The molecule has 0 fully saturated rings. The smallest absolute Gasteiger partial charge is 0.221 e. The van der Waals surface area contributed by atoms with E-state index in [9.17, 15) is 15.0 Å². The van der Waals surface area contributed by atoms with Crippen molar-refractivity contribution in [2.45, 2.75) is 39.6 Å². The molecule has 0 atom stereocenters. The molecular formula is C43H34Cl4N4O3S2. The second-order valence-corrected chi connectivity index (χ2v) is 16.2. The number of hydrogen-bond donors (Lipinski definition) is 5. The second kappa shape index (κ2) is 19.4. The Bertz CT molecular complexity index is 2490. The van der Waals surface area contributed by atoms with E-state index in [-0.39, 0.29) is 27.5 Å². The van der Waals surface area contributed by atoms with Crippen molar-refractivity contribution in [1.29, 1.82) is 0 Å². The summed E-state index contributed by atoms with van der Waals surface area (Å²) in [4.78, 5) is 19.9. The van der Waals surface area contributed by atoms with Crippen LogP contribution in [0.3, 0.4) is 0 Å². The number of benzene rings is 6. The Morgan fingerprint density at radius 1 is 0.625 bits per heavy atom. The van der Waals surface area contributed by atoms with E-state index in [1.54, 1.807) is 41.9 Å². The number of phenolic OH excluding ortho intramolecular Hbond substituents is 2. The summed E-state index contributed by atoms with van der Waals surface area (Å²) in [5.74, 6) is -0.122. The lowest BCUT2D eigenvalue weighted by Crippen LogP contribution is -2.05. The van der Waals surface area contributed by atoms with Crippen LogP contribution in [0.25, 0.3) is 10.9 Å². The van der Waals surface area contributed by atoms with Gasteiger partial charge in [0.05, 0.1) is 26.9 Å². The minimum absolute atomic E-state index is 0.00296. The van der Waals surface area contributed by atoms with Gasteiger partial charge in [-0.2, -0.15) is 0 Å². The maximum atomic E-state index is 11.1. The first-order valence-corrected chi connectivity index (χ1v) is 20.2. The van der Waals surface area contributed by atoms with Gasteiger partial charge in [0.1, 0.15) is 0 Å². The molecule has 0 bridgehead atoms. The van der Waals surface area contributed by atoms with Crippen molar-refractivity contribution in [1.82, 2.24) is 4.98 Å². The van der Waals surface area contributed by atoms with Crippen LogP contribution in [0.5, 0.6) is 11.5 Å². The summed E-state index contributed by atoms with van der Waals surface area (Å²) in [7, 11) is 0. The summed E-state index contributed by atoms with van der Waals surface area (Å²) in [6.07, 6.45) is 1.80. The highest BCUT2D eigenvalue weighted by Crippen LogP contribution is 2.38. The van der Waals surface area contributed by atoms with E-state index >= 15 is 0 Å². The van der Waals surface area contributed by atoms with Crippen molar-refractivity contribution in [3.05, 3.63) is 165 Å². The summed E-state index contributed by atoms with van der Waals surface area (Å²) in [6.45, 7) is 2.51. The molecular weight excluding hydrogens is 826 g/mol. The van der Waals surface area contributed by atoms with Gasteiger partial charge in [0.15, 0.2) is 11.5 Å². The zero-order valence-electron chi connectivity index (χ0n) is 29.7. The van der Waals surface area contributed by atoms with Gasteiger partial charge < -0.3 is 26.2 Å². The van der Waals surface area contributed by atoms with Crippen LogP contribution >= 0.6 is 69.9 Å². The quantitative estimate of drug-likeness (QED) is 0.0819. The molecule has 0 aliphatic carbocycles. The molecule has 0 radical (unpaired) electrons. The minimum Gasteiger partial charge on any atom is -0.504 e. The van der Waals surface area contributed by atoms with Gasteiger partial charge in [-0.15, -0.1) is 0 Å². The highest BCUT2D eigenvalue weighted by Gasteiger charge is 2.12. The van der Waals surface area contributed by atoms with Crippen LogP contribution in [0.15, 0.2) is 153 Å². The van der Waals surface area contributed by atoms with Gasteiger partial charge in [0.2, 0.25) is 5.91 Å². The molecule has 7 nitrogen and oxygen atoms in total. The topological polar surface area (TPSA) is 107 Å². The second-order valence-electron chi connectivity index (χ2n) is 12.3. The van der Waals surface area contributed by atoms with Crippen LogP contribution in [0.4, 0.5) is 17.1 Å². The number of nitrogens with zero attached hydrogens (tertiary/aromatic N) is 1. The third-order valence-electron chi connectivity index (χ3n) is 8.15. The highest BCUT2D eigenvalue weighted by molar-refractivity contribution is 7.99. The molecule has 5 N–H and O–H groups in total. The molecule has 0 spiro atoms. The summed E-state index contributed by atoms with van der Waals surface area (Å²) in [6, 6.07) is 40.4. The van der Waals surface area contributed by atoms with Gasteiger partial charge in [-0.1, -0.05) is 118 Å². The van der Waals surface area contributed by atoms with E-state index in [1.807, 2.05) is 66.7 Å². The molecule has 6 aromatic carbocycles. The zero-order valence-corrected chi connectivity index (χ0v) is 34.4. The molecule has 1 amide bonds. The van der Waals surface area contributed by atoms with Crippen LogP contribution < -0.4 is 16.0 Å². The van der Waals surface area contributed by atoms with Crippen molar-refractivity contribution < 1.29 is 15.0 Å². The van der Waals surface area contributed by atoms with Gasteiger partial charge in [0, 0.05) is 66.9 Å². The van der Waals surface area contributed by atoms with Gasteiger partial charge in [0.25, 0.3) is 0 Å². The van der Waals surface area contributed by atoms with E-state index < -0.39 is 0 Å². The number of carbonyl (C=O) groups is 1. The monoisotopic (exact) mass is 858 g/mol. The minimum atomic E-state index is -0.0961. The standard InChI is InChI=1S/C22H16Cl2N2OS.C21H18Cl2N2O2S/c23-16-10-18(24)22(27)20(11-16)26-13-15-4-1-2-6-21(15)28-17-8-7-14-5-3-9-25-19(14)12-17;1-13(26)25-16-6-8-17(9-7-16)28-20-5-3-2-4-14(20)12-24-19-11-15(22)10-18(23)21(19)27/h1-12,26-27H,13H2;2-11,24,27H,12H2,1H3,(H,25,26). The largest absolute Gasteiger partial charge is 0.504 e. The molecule has 7 rings (SSSR count). The maximum absolute atomic E-state index is 11.1. The van der Waals surface area contributed by atoms with E-state index in [0.717, 1.165) is 47.3 Å². The summed E-state index contributed by atoms with van der Waals surface area (Å²) in [5.41, 5.74) is 4.89. The summed E-state index contributed by atoms with van der Waals surface area (Å²) in [5, 5.41) is 31.9. The van der Waals surface area contributed by atoms with E-state index in [4.69, 9.17) is 46.4 Å². The molecule has 0 aliphatic heterocycles. The SMILES string of the molecule is CC(=O)Nc1ccc(Sc2ccccc2CNc2cc(Cl)cc(Cl)c2O)cc1.Oc1c(Cl)cc(Cl)cc1NCc1ccccc1Sc1ccc2cccnc2c1. The lowest BCUT2D eigenvalue weighted by atomic mass is 10.2. The van der Waals surface area contributed by atoms with Crippen molar-refractivity contribution in [2.24, 2.45) is 0 Å². The Balaban J connectivity index is 0.000000190. The number of amides is 1.